The standard InChI is InChI=1S/C28H41FN4O6/c1-18(2)15-33(21-13-19(26(35)36)16-31(17-21)27(37)39-28(3,4)5)25(34)24-30-22-10-9-20(29)14-23(22)32(24)11-7-8-12-38-6/h9-10,14,18-19,21H,7-8,11-13,15-17H2,1-6H3,(H,35,36). The van der Waals surface area contributed by atoms with E-state index < -0.39 is 35.4 Å². The monoisotopic (exact) mass is 548 g/mol. The van der Waals surface area contributed by atoms with Gasteiger partial charge in [0.2, 0.25) is 0 Å². The molecule has 11 heteroatoms. The van der Waals surface area contributed by atoms with Gasteiger partial charge in [-0.1, -0.05) is 13.8 Å². The lowest BCUT2D eigenvalue weighted by molar-refractivity contribution is -0.144. The van der Waals surface area contributed by atoms with Gasteiger partial charge in [0.25, 0.3) is 5.91 Å². The molecular formula is C28H41FN4O6. The summed E-state index contributed by atoms with van der Waals surface area (Å²) < 4.78 is 26.6. The summed E-state index contributed by atoms with van der Waals surface area (Å²) in [6.07, 6.45) is 1.02. The number of aryl methyl sites for hydroxylation is 1. The zero-order valence-corrected chi connectivity index (χ0v) is 23.8. The molecule has 1 aromatic carbocycles. The van der Waals surface area contributed by atoms with Gasteiger partial charge in [-0.25, -0.2) is 14.2 Å². The first-order chi connectivity index (χ1) is 18.3. The predicted molar refractivity (Wildman–Crippen MR) is 144 cm³/mol. The van der Waals surface area contributed by atoms with E-state index in [4.69, 9.17) is 9.47 Å². The van der Waals surface area contributed by atoms with Crippen LogP contribution in [0.5, 0.6) is 0 Å². The molecule has 2 amide bonds. The fraction of sp³-hybridized carbons (Fsp3) is 0.643. The SMILES string of the molecule is COCCCCn1c(C(=O)N(CC(C)C)C2CC(C(=O)O)CN(C(=O)OC(C)(C)C)C2)nc2ccc(F)cc21. The number of carboxylic acid groups (broad SMARTS) is 1. The average Bonchev–Trinajstić information content (AvgIpc) is 3.20. The Hall–Kier alpha value is -3.21. The van der Waals surface area contributed by atoms with Crippen molar-refractivity contribution >= 4 is 29.0 Å². The maximum atomic E-state index is 14.2. The van der Waals surface area contributed by atoms with Crippen LogP contribution in [-0.4, -0.2) is 87.4 Å². The predicted octanol–water partition coefficient (Wildman–Crippen LogP) is 4.41. The highest BCUT2D eigenvalue weighted by Crippen LogP contribution is 2.27. The Morgan fingerprint density at radius 3 is 2.54 bits per heavy atom. The molecule has 0 saturated carbocycles. The van der Waals surface area contributed by atoms with Gasteiger partial charge in [-0.2, -0.15) is 0 Å². The van der Waals surface area contributed by atoms with Gasteiger partial charge in [-0.05, 0) is 64.2 Å². The highest BCUT2D eigenvalue weighted by Gasteiger charge is 2.40. The fourth-order valence-corrected chi connectivity index (χ4v) is 4.87. The highest BCUT2D eigenvalue weighted by atomic mass is 19.1. The molecule has 0 aliphatic carbocycles. The zero-order valence-electron chi connectivity index (χ0n) is 23.8. The summed E-state index contributed by atoms with van der Waals surface area (Å²) in [7, 11) is 1.62. The summed E-state index contributed by atoms with van der Waals surface area (Å²) >= 11 is 0. The van der Waals surface area contributed by atoms with Crippen molar-refractivity contribution in [2.75, 3.05) is 33.4 Å². The molecule has 0 radical (unpaired) electrons. The van der Waals surface area contributed by atoms with Gasteiger partial charge in [0.15, 0.2) is 5.82 Å². The normalized spacial score (nSPS) is 18.0. The summed E-state index contributed by atoms with van der Waals surface area (Å²) in [5.74, 6) is -2.48. The van der Waals surface area contributed by atoms with Crippen LogP contribution in [0.1, 0.15) is 64.5 Å². The summed E-state index contributed by atoms with van der Waals surface area (Å²) in [5, 5.41) is 9.87. The van der Waals surface area contributed by atoms with Crippen LogP contribution >= 0.6 is 0 Å². The van der Waals surface area contributed by atoms with Crippen molar-refractivity contribution < 1.29 is 33.4 Å². The third kappa shape index (κ3) is 7.90. The number of likely N-dealkylation sites (tertiary alicyclic amines) is 1. The van der Waals surface area contributed by atoms with Crippen LogP contribution in [0.15, 0.2) is 18.2 Å². The third-order valence-corrected chi connectivity index (χ3v) is 6.57. The molecule has 10 nitrogen and oxygen atoms in total. The van der Waals surface area contributed by atoms with Gasteiger partial charge < -0.3 is 28.9 Å². The van der Waals surface area contributed by atoms with Crippen LogP contribution in [0.3, 0.4) is 0 Å². The number of rotatable bonds is 10. The topological polar surface area (TPSA) is 114 Å². The number of imidazole rings is 1. The number of amides is 2. The van der Waals surface area contributed by atoms with Crippen molar-refractivity contribution in [3.63, 3.8) is 0 Å². The van der Waals surface area contributed by atoms with Crippen LogP contribution in [0, 0.1) is 17.7 Å². The summed E-state index contributed by atoms with van der Waals surface area (Å²) in [6, 6.07) is 3.65. The van der Waals surface area contributed by atoms with E-state index in [1.165, 1.54) is 17.0 Å². The Balaban J connectivity index is 2.00. The molecule has 0 bridgehead atoms. The van der Waals surface area contributed by atoms with Crippen LogP contribution in [0.2, 0.25) is 0 Å². The number of unbranched alkanes of at least 4 members (excludes halogenated alkanes) is 1. The lowest BCUT2D eigenvalue weighted by Crippen LogP contribution is -2.57. The Bertz CT molecular complexity index is 1170. The molecule has 2 unspecified atom stereocenters. The van der Waals surface area contributed by atoms with Gasteiger partial charge in [0.1, 0.15) is 11.4 Å². The van der Waals surface area contributed by atoms with Crippen molar-refractivity contribution in [3.8, 4) is 0 Å². The highest BCUT2D eigenvalue weighted by molar-refractivity contribution is 5.95. The molecule has 1 aliphatic heterocycles. The van der Waals surface area contributed by atoms with Crippen molar-refractivity contribution in [1.82, 2.24) is 19.4 Å². The van der Waals surface area contributed by atoms with Gasteiger partial charge in [0.05, 0.1) is 23.0 Å². The zero-order chi connectivity index (χ0) is 28.9. The van der Waals surface area contributed by atoms with Crippen molar-refractivity contribution in [1.29, 1.82) is 0 Å². The molecule has 1 N–H and O–H groups in total. The van der Waals surface area contributed by atoms with E-state index >= 15 is 0 Å². The Labute approximate surface area is 229 Å². The number of piperidine rings is 1. The molecule has 0 spiro atoms. The lowest BCUT2D eigenvalue weighted by Gasteiger charge is -2.42. The number of ether oxygens (including phenoxy) is 2. The minimum atomic E-state index is -1.04. The van der Waals surface area contributed by atoms with E-state index in [0.717, 1.165) is 6.42 Å². The minimum absolute atomic E-state index is 0.00173. The minimum Gasteiger partial charge on any atom is -0.481 e. The molecule has 216 valence electrons. The van der Waals surface area contributed by atoms with E-state index in [2.05, 4.69) is 4.98 Å². The van der Waals surface area contributed by atoms with E-state index in [-0.39, 0.29) is 37.2 Å². The number of benzene rings is 1. The van der Waals surface area contributed by atoms with E-state index in [9.17, 15) is 23.9 Å². The fourth-order valence-electron chi connectivity index (χ4n) is 4.87. The summed E-state index contributed by atoms with van der Waals surface area (Å²) in [6.45, 7) is 10.6. The average molecular weight is 549 g/mol. The molecule has 1 aromatic heterocycles. The quantitative estimate of drug-likeness (QED) is 0.438. The number of fused-ring (bicyclic) bond motifs is 1. The second-order valence-electron chi connectivity index (χ2n) is 11.6. The molecule has 1 saturated heterocycles. The van der Waals surface area contributed by atoms with E-state index in [1.54, 1.807) is 43.4 Å². The van der Waals surface area contributed by atoms with Crippen LogP contribution < -0.4 is 0 Å². The van der Waals surface area contributed by atoms with Crippen molar-refractivity contribution in [2.45, 2.75) is 72.1 Å². The molecule has 2 heterocycles. The second-order valence-corrected chi connectivity index (χ2v) is 11.6. The van der Waals surface area contributed by atoms with Crippen molar-refractivity contribution in [3.05, 3.63) is 29.8 Å². The van der Waals surface area contributed by atoms with E-state index in [0.29, 0.717) is 37.2 Å². The molecule has 2 atom stereocenters. The number of aromatic nitrogens is 2. The molecule has 1 fully saturated rings. The van der Waals surface area contributed by atoms with Gasteiger partial charge in [0, 0.05) is 39.9 Å². The number of hydrogen-bond acceptors (Lipinski definition) is 6. The molecule has 1 aliphatic rings. The Morgan fingerprint density at radius 1 is 1.21 bits per heavy atom. The molecule has 39 heavy (non-hydrogen) atoms. The number of carbonyl (C=O) groups is 3. The number of carbonyl (C=O) groups excluding carboxylic acids is 2. The maximum absolute atomic E-state index is 14.2. The first-order valence-corrected chi connectivity index (χ1v) is 13.5. The van der Waals surface area contributed by atoms with Crippen molar-refractivity contribution in [2.24, 2.45) is 11.8 Å². The van der Waals surface area contributed by atoms with Gasteiger partial charge in [-0.15, -0.1) is 0 Å². The molecule has 2 aromatic rings. The number of nitrogens with zero attached hydrogens (tertiary/aromatic N) is 4. The maximum Gasteiger partial charge on any atom is 0.410 e. The van der Waals surface area contributed by atoms with Crippen LogP contribution in [0.25, 0.3) is 11.0 Å². The van der Waals surface area contributed by atoms with Crippen LogP contribution in [-0.2, 0) is 20.8 Å². The molecular weight excluding hydrogens is 507 g/mol. The first-order valence-electron chi connectivity index (χ1n) is 13.5. The van der Waals surface area contributed by atoms with Gasteiger partial charge >= 0.3 is 12.1 Å². The lowest BCUT2D eigenvalue weighted by atomic mass is 9.92. The number of aliphatic carboxylic acids is 1. The second kappa shape index (κ2) is 12.8. The molecule has 3 rings (SSSR count). The van der Waals surface area contributed by atoms with E-state index in [1.807, 2.05) is 13.8 Å². The smallest absolute Gasteiger partial charge is 0.410 e. The first kappa shape index (κ1) is 30.3. The Kier molecular flexibility index (Phi) is 9.93. The number of methoxy groups -OCH3 is 1. The summed E-state index contributed by atoms with van der Waals surface area (Å²) in [4.78, 5) is 46.8. The van der Waals surface area contributed by atoms with Crippen LogP contribution in [0.4, 0.5) is 9.18 Å². The Morgan fingerprint density at radius 2 is 1.92 bits per heavy atom. The van der Waals surface area contributed by atoms with Gasteiger partial charge in [-0.3, -0.25) is 9.59 Å². The largest absolute Gasteiger partial charge is 0.481 e. The number of hydrogen-bond donors (Lipinski definition) is 1. The number of carboxylic acids is 1. The summed E-state index contributed by atoms with van der Waals surface area (Å²) in [5.41, 5.74) is 0.264. The number of halogens is 1. The third-order valence-electron chi connectivity index (χ3n) is 6.57.